The smallest absolute Gasteiger partial charge is 0.253 e. The normalized spacial score (nSPS) is 17.3. The molecule has 0 unspecified atom stereocenters. The first-order valence-corrected chi connectivity index (χ1v) is 13.5. The standard InChI is InChI=1S/C27H34N6O2S/c1-5-27(3,4)33-25(29-30-31-33)24(22-15-19-10-6-9-18(2)23(19)28-26(22)34)32(16-20-11-7-13-35-20)17-21-12-8-14-36-21/h6,8-10,12,14-15,20,24H,5,7,11,13,16-17H2,1-4H3,(H,28,34)/t20-,24+/m1/s1. The van der Waals surface area contributed by atoms with E-state index in [2.05, 4.69) is 63.7 Å². The van der Waals surface area contributed by atoms with Crippen molar-refractivity contribution in [3.8, 4) is 0 Å². The summed E-state index contributed by atoms with van der Waals surface area (Å²) in [6.07, 6.45) is 3.02. The molecule has 1 saturated heterocycles. The molecule has 0 aliphatic carbocycles. The number of thiophene rings is 1. The van der Waals surface area contributed by atoms with Gasteiger partial charge < -0.3 is 9.72 Å². The van der Waals surface area contributed by atoms with Gasteiger partial charge in [-0.2, -0.15) is 0 Å². The molecule has 190 valence electrons. The molecule has 4 heterocycles. The molecule has 4 aromatic rings. The van der Waals surface area contributed by atoms with Crippen LogP contribution in [0, 0.1) is 6.92 Å². The van der Waals surface area contributed by atoms with E-state index in [0.717, 1.165) is 42.3 Å². The molecule has 1 fully saturated rings. The highest BCUT2D eigenvalue weighted by molar-refractivity contribution is 7.09. The van der Waals surface area contributed by atoms with E-state index in [1.165, 1.54) is 4.88 Å². The van der Waals surface area contributed by atoms with E-state index in [1.807, 2.05) is 35.9 Å². The molecule has 0 bridgehead atoms. The average Bonchev–Trinajstić information content (AvgIpc) is 3.64. The Kier molecular flexibility index (Phi) is 7.05. The van der Waals surface area contributed by atoms with Crippen LogP contribution in [0.3, 0.4) is 0 Å². The maximum Gasteiger partial charge on any atom is 0.253 e. The lowest BCUT2D eigenvalue weighted by molar-refractivity contribution is 0.0566. The molecule has 36 heavy (non-hydrogen) atoms. The number of tetrazole rings is 1. The zero-order valence-corrected chi connectivity index (χ0v) is 22.2. The topological polar surface area (TPSA) is 88.9 Å². The number of hydrogen-bond acceptors (Lipinski definition) is 7. The molecule has 1 aliphatic heterocycles. The van der Waals surface area contributed by atoms with Crippen LogP contribution in [-0.4, -0.2) is 49.3 Å². The molecule has 0 spiro atoms. The summed E-state index contributed by atoms with van der Waals surface area (Å²) in [6.45, 7) is 10.5. The Bertz CT molecular complexity index is 1370. The van der Waals surface area contributed by atoms with Crippen LogP contribution < -0.4 is 5.56 Å². The van der Waals surface area contributed by atoms with Crippen molar-refractivity contribution in [3.05, 3.63) is 74.0 Å². The van der Waals surface area contributed by atoms with Gasteiger partial charge in [0, 0.05) is 30.1 Å². The Hall–Kier alpha value is -2.88. The third kappa shape index (κ3) is 4.87. The van der Waals surface area contributed by atoms with Crippen LogP contribution >= 0.6 is 11.3 Å². The van der Waals surface area contributed by atoms with Crippen molar-refractivity contribution in [1.82, 2.24) is 30.1 Å². The van der Waals surface area contributed by atoms with E-state index < -0.39 is 6.04 Å². The third-order valence-electron chi connectivity index (χ3n) is 7.35. The lowest BCUT2D eigenvalue weighted by atomic mass is 9.98. The van der Waals surface area contributed by atoms with E-state index in [9.17, 15) is 4.79 Å². The second kappa shape index (κ2) is 10.2. The van der Waals surface area contributed by atoms with Gasteiger partial charge in [-0.1, -0.05) is 31.2 Å². The van der Waals surface area contributed by atoms with Crippen LogP contribution in [0.15, 0.2) is 46.6 Å². The number of pyridine rings is 1. The average molecular weight is 507 g/mol. The molecule has 1 aromatic carbocycles. The van der Waals surface area contributed by atoms with Gasteiger partial charge in [0.1, 0.15) is 6.04 Å². The minimum Gasteiger partial charge on any atom is -0.377 e. The van der Waals surface area contributed by atoms with Crippen molar-refractivity contribution in [2.75, 3.05) is 13.2 Å². The molecule has 8 nitrogen and oxygen atoms in total. The first-order valence-electron chi connectivity index (χ1n) is 12.7. The molecule has 3 aromatic heterocycles. The first-order chi connectivity index (χ1) is 17.4. The number of aromatic nitrogens is 5. The molecular weight excluding hydrogens is 472 g/mol. The first kappa shape index (κ1) is 24.8. The Morgan fingerprint density at radius 1 is 1.31 bits per heavy atom. The van der Waals surface area contributed by atoms with Crippen molar-refractivity contribution in [3.63, 3.8) is 0 Å². The number of hydrogen-bond donors (Lipinski definition) is 1. The summed E-state index contributed by atoms with van der Waals surface area (Å²) in [6, 6.07) is 11.9. The number of nitrogens with zero attached hydrogens (tertiary/aromatic N) is 5. The SMILES string of the molecule is CCC(C)(C)n1nnnc1[C@H](c1cc2cccc(C)c2[nH]c1=O)N(Cc1cccs1)C[C@H]1CCCO1. The van der Waals surface area contributed by atoms with Gasteiger partial charge >= 0.3 is 0 Å². The van der Waals surface area contributed by atoms with E-state index in [0.29, 0.717) is 24.5 Å². The van der Waals surface area contributed by atoms with Gasteiger partial charge in [0.15, 0.2) is 5.82 Å². The van der Waals surface area contributed by atoms with Gasteiger partial charge in [-0.25, -0.2) is 4.68 Å². The van der Waals surface area contributed by atoms with Crippen LogP contribution in [0.2, 0.25) is 0 Å². The molecule has 1 aliphatic rings. The molecule has 0 radical (unpaired) electrons. The predicted octanol–water partition coefficient (Wildman–Crippen LogP) is 4.80. The van der Waals surface area contributed by atoms with Gasteiger partial charge in [-0.05, 0) is 78.9 Å². The number of ether oxygens (including phenoxy) is 1. The highest BCUT2D eigenvalue weighted by atomic mass is 32.1. The van der Waals surface area contributed by atoms with Gasteiger partial charge in [0.25, 0.3) is 5.56 Å². The largest absolute Gasteiger partial charge is 0.377 e. The highest BCUT2D eigenvalue weighted by Gasteiger charge is 2.36. The number of fused-ring (bicyclic) bond motifs is 1. The number of para-hydroxylation sites is 1. The maximum absolute atomic E-state index is 13.7. The maximum atomic E-state index is 13.7. The highest BCUT2D eigenvalue weighted by Crippen LogP contribution is 2.33. The monoisotopic (exact) mass is 506 g/mol. The van der Waals surface area contributed by atoms with Crippen LogP contribution in [0.25, 0.3) is 10.9 Å². The number of aromatic amines is 1. The Balaban J connectivity index is 1.70. The lowest BCUT2D eigenvalue weighted by Gasteiger charge is -2.34. The van der Waals surface area contributed by atoms with Crippen molar-refractivity contribution in [1.29, 1.82) is 0 Å². The van der Waals surface area contributed by atoms with Crippen molar-refractivity contribution in [2.24, 2.45) is 0 Å². The number of benzene rings is 1. The molecule has 0 saturated carbocycles. The zero-order valence-electron chi connectivity index (χ0n) is 21.4. The van der Waals surface area contributed by atoms with Gasteiger partial charge in [0.2, 0.25) is 0 Å². The molecule has 1 N–H and O–H groups in total. The summed E-state index contributed by atoms with van der Waals surface area (Å²) >= 11 is 1.72. The summed E-state index contributed by atoms with van der Waals surface area (Å²) in [5.41, 5.74) is 2.12. The summed E-state index contributed by atoms with van der Waals surface area (Å²) in [5, 5.41) is 16.1. The molecule has 0 amide bonds. The molecule has 9 heteroatoms. The van der Waals surface area contributed by atoms with Gasteiger partial charge in [-0.15, -0.1) is 16.4 Å². The number of H-pyrrole nitrogens is 1. The van der Waals surface area contributed by atoms with Crippen molar-refractivity contribution >= 4 is 22.2 Å². The summed E-state index contributed by atoms with van der Waals surface area (Å²) in [5.74, 6) is 0.675. The zero-order chi connectivity index (χ0) is 25.3. The fourth-order valence-corrected chi connectivity index (χ4v) is 5.69. The Labute approximate surface area is 215 Å². The van der Waals surface area contributed by atoms with Crippen LogP contribution in [0.4, 0.5) is 0 Å². The minimum atomic E-state index is -0.439. The van der Waals surface area contributed by atoms with E-state index in [4.69, 9.17) is 4.74 Å². The minimum absolute atomic E-state index is 0.109. The van der Waals surface area contributed by atoms with Gasteiger partial charge in [0.05, 0.1) is 17.2 Å². The van der Waals surface area contributed by atoms with Crippen LogP contribution in [-0.2, 0) is 16.8 Å². The second-order valence-electron chi connectivity index (χ2n) is 10.3. The van der Waals surface area contributed by atoms with E-state index >= 15 is 0 Å². The Morgan fingerprint density at radius 3 is 2.89 bits per heavy atom. The number of aryl methyl sites for hydroxylation is 1. The Morgan fingerprint density at radius 2 is 2.17 bits per heavy atom. The fourth-order valence-electron chi connectivity index (χ4n) is 4.96. The number of rotatable bonds is 9. The molecule has 2 atom stereocenters. The number of nitrogens with one attached hydrogen (secondary N) is 1. The van der Waals surface area contributed by atoms with E-state index in [1.54, 1.807) is 11.3 Å². The molecular formula is C27H34N6O2S. The summed E-state index contributed by atoms with van der Waals surface area (Å²) in [4.78, 5) is 20.4. The van der Waals surface area contributed by atoms with Crippen LogP contribution in [0.1, 0.15) is 67.9 Å². The van der Waals surface area contributed by atoms with Crippen molar-refractivity contribution in [2.45, 2.75) is 71.2 Å². The van der Waals surface area contributed by atoms with Gasteiger partial charge in [-0.3, -0.25) is 9.69 Å². The quantitative estimate of drug-likeness (QED) is 0.351. The summed E-state index contributed by atoms with van der Waals surface area (Å²) in [7, 11) is 0. The predicted molar refractivity (Wildman–Crippen MR) is 142 cm³/mol. The van der Waals surface area contributed by atoms with Crippen molar-refractivity contribution < 1.29 is 4.74 Å². The second-order valence-corrected chi connectivity index (χ2v) is 11.3. The van der Waals surface area contributed by atoms with E-state index in [-0.39, 0.29) is 17.2 Å². The summed E-state index contributed by atoms with van der Waals surface area (Å²) < 4.78 is 7.96. The lowest BCUT2D eigenvalue weighted by Crippen LogP contribution is -2.41. The third-order valence-corrected chi connectivity index (χ3v) is 8.22. The van der Waals surface area contributed by atoms with Crippen LogP contribution in [0.5, 0.6) is 0 Å². The fraction of sp³-hybridized carbons (Fsp3) is 0.481. The molecule has 5 rings (SSSR count).